The highest BCUT2D eigenvalue weighted by Gasteiger charge is 1.98. The molecule has 0 aliphatic carbocycles. The Morgan fingerprint density at radius 3 is 2.86 bits per heavy atom. The first-order chi connectivity index (χ1) is 6.84. The van der Waals surface area contributed by atoms with Crippen LogP contribution in [0.2, 0.25) is 0 Å². The number of hydrogen-bond donors (Lipinski definition) is 0. The summed E-state index contributed by atoms with van der Waals surface area (Å²) < 4.78 is 12.8. The normalized spacial score (nSPS) is 10.1. The maximum atomic E-state index is 12.8. The van der Waals surface area contributed by atoms with Gasteiger partial charge in [0, 0.05) is 30.7 Å². The maximum Gasteiger partial charge on any atom is 0.126 e. The van der Waals surface area contributed by atoms with Crippen LogP contribution in [-0.4, -0.2) is 9.97 Å². The van der Waals surface area contributed by atoms with Crippen molar-refractivity contribution in [3.05, 3.63) is 59.9 Å². The van der Waals surface area contributed by atoms with Gasteiger partial charge in [-0.3, -0.25) is 9.97 Å². The minimum atomic E-state index is -0.251. The molecule has 0 unspecified atom stereocenters. The first-order valence-corrected chi connectivity index (χ1v) is 4.34. The minimum absolute atomic E-state index is 0.251. The SMILES string of the molecule is Fc1ccnc(Cc2cccnc2)c1. The lowest BCUT2D eigenvalue weighted by atomic mass is 10.1. The van der Waals surface area contributed by atoms with E-state index in [1.807, 2.05) is 12.1 Å². The Hall–Kier alpha value is -1.77. The molecular weight excluding hydrogens is 179 g/mol. The molecule has 2 aromatic rings. The predicted octanol–water partition coefficient (Wildman–Crippen LogP) is 2.21. The van der Waals surface area contributed by atoms with Crippen molar-refractivity contribution in [2.45, 2.75) is 6.42 Å². The summed E-state index contributed by atoms with van der Waals surface area (Å²) in [4.78, 5) is 8.05. The summed E-state index contributed by atoms with van der Waals surface area (Å²) in [5.74, 6) is -0.251. The van der Waals surface area contributed by atoms with Crippen LogP contribution in [0.5, 0.6) is 0 Å². The highest BCUT2D eigenvalue weighted by Crippen LogP contribution is 2.06. The quantitative estimate of drug-likeness (QED) is 0.722. The molecule has 0 spiro atoms. The Labute approximate surface area is 81.5 Å². The number of halogens is 1. The van der Waals surface area contributed by atoms with E-state index < -0.39 is 0 Å². The summed E-state index contributed by atoms with van der Waals surface area (Å²) in [7, 11) is 0. The van der Waals surface area contributed by atoms with E-state index in [1.54, 1.807) is 12.4 Å². The van der Waals surface area contributed by atoms with E-state index in [1.165, 1.54) is 18.3 Å². The molecule has 0 aromatic carbocycles. The van der Waals surface area contributed by atoms with Gasteiger partial charge >= 0.3 is 0 Å². The molecule has 2 heterocycles. The van der Waals surface area contributed by atoms with Crippen LogP contribution in [0.4, 0.5) is 4.39 Å². The minimum Gasteiger partial charge on any atom is -0.264 e. The molecule has 0 saturated carbocycles. The molecule has 0 amide bonds. The maximum absolute atomic E-state index is 12.8. The van der Waals surface area contributed by atoms with Gasteiger partial charge in [-0.15, -0.1) is 0 Å². The van der Waals surface area contributed by atoms with Crippen molar-refractivity contribution in [1.82, 2.24) is 9.97 Å². The molecule has 14 heavy (non-hydrogen) atoms. The second kappa shape index (κ2) is 3.96. The van der Waals surface area contributed by atoms with Crippen LogP contribution in [-0.2, 0) is 6.42 Å². The lowest BCUT2D eigenvalue weighted by molar-refractivity contribution is 0.622. The number of aromatic nitrogens is 2. The Bertz CT molecular complexity index is 415. The van der Waals surface area contributed by atoms with Gasteiger partial charge in [0.1, 0.15) is 5.82 Å². The van der Waals surface area contributed by atoms with Crippen LogP contribution in [0, 0.1) is 5.82 Å². The van der Waals surface area contributed by atoms with E-state index in [-0.39, 0.29) is 5.82 Å². The van der Waals surface area contributed by atoms with Crippen molar-refractivity contribution >= 4 is 0 Å². The molecule has 0 fully saturated rings. The van der Waals surface area contributed by atoms with Crippen LogP contribution in [0.1, 0.15) is 11.3 Å². The zero-order valence-corrected chi connectivity index (χ0v) is 7.52. The first-order valence-electron chi connectivity index (χ1n) is 4.34. The average Bonchev–Trinajstić information content (AvgIpc) is 2.19. The molecule has 2 aromatic heterocycles. The van der Waals surface area contributed by atoms with Crippen LogP contribution >= 0.6 is 0 Å². The van der Waals surface area contributed by atoms with Crippen LogP contribution < -0.4 is 0 Å². The number of pyridine rings is 2. The molecule has 0 aliphatic rings. The summed E-state index contributed by atoms with van der Waals surface area (Å²) in [6.45, 7) is 0. The van der Waals surface area contributed by atoms with E-state index in [0.717, 1.165) is 11.3 Å². The third-order valence-electron chi connectivity index (χ3n) is 1.89. The molecule has 0 radical (unpaired) electrons. The second-order valence-electron chi connectivity index (χ2n) is 3.00. The van der Waals surface area contributed by atoms with Crippen molar-refractivity contribution in [1.29, 1.82) is 0 Å². The van der Waals surface area contributed by atoms with Crippen molar-refractivity contribution in [3.8, 4) is 0 Å². The molecule has 2 rings (SSSR count). The Balaban J connectivity index is 2.19. The summed E-state index contributed by atoms with van der Waals surface area (Å²) in [5.41, 5.74) is 1.75. The molecule has 0 aliphatic heterocycles. The molecule has 0 N–H and O–H groups in total. The second-order valence-corrected chi connectivity index (χ2v) is 3.00. The van der Waals surface area contributed by atoms with Crippen molar-refractivity contribution in [2.75, 3.05) is 0 Å². The topological polar surface area (TPSA) is 25.8 Å². The van der Waals surface area contributed by atoms with Gasteiger partial charge in [0.2, 0.25) is 0 Å². The lowest BCUT2D eigenvalue weighted by Gasteiger charge is -1.99. The van der Waals surface area contributed by atoms with E-state index in [9.17, 15) is 4.39 Å². The van der Waals surface area contributed by atoms with Gasteiger partial charge in [0.05, 0.1) is 0 Å². The smallest absolute Gasteiger partial charge is 0.126 e. The van der Waals surface area contributed by atoms with Gasteiger partial charge in [0.25, 0.3) is 0 Å². The standard InChI is InChI=1S/C11H9FN2/c12-10-3-5-14-11(7-10)6-9-2-1-4-13-8-9/h1-5,7-8H,6H2. The highest BCUT2D eigenvalue weighted by atomic mass is 19.1. The van der Waals surface area contributed by atoms with E-state index in [4.69, 9.17) is 0 Å². The monoisotopic (exact) mass is 188 g/mol. The summed E-state index contributed by atoms with van der Waals surface area (Å²) >= 11 is 0. The average molecular weight is 188 g/mol. The fraction of sp³-hybridized carbons (Fsp3) is 0.0909. The fourth-order valence-corrected chi connectivity index (χ4v) is 1.26. The molecule has 2 nitrogen and oxygen atoms in total. The Morgan fingerprint density at radius 2 is 2.14 bits per heavy atom. The fourth-order valence-electron chi connectivity index (χ4n) is 1.26. The van der Waals surface area contributed by atoms with Gasteiger partial charge in [-0.05, 0) is 23.8 Å². The molecular formula is C11H9FN2. The molecule has 0 saturated heterocycles. The zero-order chi connectivity index (χ0) is 9.80. The predicted molar refractivity (Wildman–Crippen MR) is 51.2 cm³/mol. The highest BCUT2D eigenvalue weighted by molar-refractivity contribution is 5.18. The Kier molecular flexibility index (Phi) is 2.49. The van der Waals surface area contributed by atoms with Gasteiger partial charge in [0.15, 0.2) is 0 Å². The molecule has 70 valence electrons. The van der Waals surface area contributed by atoms with Gasteiger partial charge < -0.3 is 0 Å². The zero-order valence-electron chi connectivity index (χ0n) is 7.52. The number of nitrogens with zero attached hydrogens (tertiary/aromatic N) is 2. The van der Waals surface area contributed by atoms with Gasteiger partial charge in [-0.2, -0.15) is 0 Å². The van der Waals surface area contributed by atoms with Gasteiger partial charge in [-0.25, -0.2) is 4.39 Å². The van der Waals surface area contributed by atoms with Crippen molar-refractivity contribution < 1.29 is 4.39 Å². The van der Waals surface area contributed by atoms with Crippen molar-refractivity contribution in [2.24, 2.45) is 0 Å². The lowest BCUT2D eigenvalue weighted by Crippen LogP contribution is -1.92. The third-order valence-corrected chi connectivity index (χ3v) is 1.89. The molecule has 0 bridgehead atoms. The van der Waals surface area contributed by atoms with E-state index >= 15 is 0 Å². The Morgan fingerprint density at radius 1 is 1.21 bits per heavy atom. The summed E-state index contributed by atoms with van der Waals surface area (Å²) in [6.07, 6.45) is 5.56. The first kappa shape index (κ1) is 8.81. The van der Waals surface area contributed by atoms with Crippen molar-refractivity contribution in [3.63, 3.8) is 0 Å². The van der Waals surface area contributed by atoms with Gasteiger partial charge in [-0.1, -0.05) is 6.07 Å². The summed E-state index contributed by atoms with van der Waals surface area (Å²) in [6, 6.07) is 6.58. The molecule has 3 heteroatoms. The van der Waals surface area contributed by atoms with Crippen LogP contribution in [0.3, 0.4) is 0 Å². The largest absolute Gasteiger partial charge is 0.264 e. The summed E-state index contributed by atoms with van der Waals surface area (Å²) in [5, 5.41) is 0. The van der Waals surface area contributed by atoms with E-state index in [0.29, 0.717) is 6.42 Å². The molecule has 0 atom stereocenters. The van der Waals surface area contributed by atoms with Crippen LogP contribution in [0.25, 0.3) is 0 Å². The third kappa shape index (κ3) is 2.13. The van der Waals surface area contributed by atoms with Crippen LogP contribution in [0.15, 0.2) is 42.9 Å². The number of hydrogen-bond acceptors (Lipinski definition) is 2. The number of rotatable bonds is 2. The van der Waals surface area contributed by atoms with E-state index in [2.05, 4.69) is 9.97 Å².